The second-order valence-electron chi connectivity index (χ2n) is 4.76. The molecular formula is C17H23NO2S2. The van der Waals surface area contributed by atoms with E-state index in [0.717, 1.165) is 11.1 Å². The predicted octanol–water partition coefficient (Wildman–Crippen LogP) is 3.88. The smallest absolute Gasteiger partial charge is 0.109 e. The number of allylic oxidation sites excluding steroid dienone is 2. The molecule has 0 heterocycles. The molecule has 1 atom stereocenters. The summed E-state index contributed by atoms with van der Waals surface area (Å²) in [6.07, 6.45) is 5.25. The van der Waals surface area contributed by atoms with Crippen LogP contribution in [0.3, 0.4) is 0 Å². The van der Waals surface area contributed by atoms with Gasteiger partial charge in [0.05, 0.1) is 13.2 Å². The summed E-state index contributed by atoms with van der Waals surface area (Å²) in [5, 5.41) is 0. The third-order valence-corrected chi connectivity index (χ3v) is 3.54. The van der Waals surface area contributed by atoms with E-state index in [2.05, 4.69) is 38.9 Å². The fourth-order valence-corrected chi connectivity index (χ4v) is 2.32. The monoisotopic (exact) mass is 337 g/mol. The van der Waals surface area contributed by atoms with Gasteiger partial charge in [-0.25, -0.2) is 4.31 Å². The first-order valence-electron chi connectivity index (χ1n) is 6.99. The fraction of sp³-hybridized carbons (Fsp3) is 0.294. The lowest BCUT2D eigenvalue weighted by molar-refractivity contribution is 0.0455. The van der Waals surface area contributed by atoms with Crippen molar-refractivity contribution in [2.45, 2.75) is 12.7 Å². The first kappa shape index (κ1) is 19.1. The van der Waals surface area contributed by atoms with E-state index >= 15 is 0 Å². The van der Waals surface area contributed by atoms with Crippen LogP contribution in [0.15, 0.2) is 67.3 Å². The molecule has 5 heteroatoms. The van der Waals surface area contributed by atoms with Crippen molar-refractivity contribution < 1.29 is 8.92 Å². The van der Waals surface area contributed by atoms with E-state index in [-0.39, 0.29) is 6.10 Å². The topological polar surface area (TPSA) is 21.7 Å². The van der Waals surface area contributed by atoms with E-state index in [1.165, 1.54) is 0 Å². The van der Waals surface area contributed by atoms with Crippen molar-refractivity contribution >= 4 is 25.7 Å². The Morgan fingerprint density at radius 2 is 2.00 bits per heavy atom. The average Bonchev–Trinajstić information content (AvgIpc) is 2.54. The maximum atomic E-state index is 5.67. The van der Waals surface area contributed by atoms with Crippen LogP contribution in [-0.2, 0) is 15.5 Å². The van der Waals surface area contributed by atoms with E-state index < -0.39 is 0 Å². The lowest BCUT2D eigenvalue weighted by Gasteiger charge is -2.21. The molecule has 0 aromatic heterocycles. The highest BCUT2D eigenvalue weighted by atomic mass is 32.1. The molecule has 0 radical (unpaired) electrons. The number of benzene rings is 1. The van der Waals surface area contributed by atoms with Crippen LogP contribution in [0.1, 0.15) is 5.56 Å². The molecular weight excluding hydrogens is 314 g/mol. The lowest BCUT2D eigenvalue weighted by Crippen LogP contribution is -2.31. The molecule has 0 saturated carbocycles. The maximum absolute atomic E-state index is 5.67. The van der Waals surface area contributed by atoms with Gasteiger partial charge >= 0.3 is 0 Å². The molecule has 22 heavy (non-hydrogen) atoms. The summed E-state index contributed by atoms with van der Waals surface area (Å²) >= 11 is 8.36. The number of rotatable bonds is 11. The number of nitrogens with zero attached hydrogens (tertiary/aromatic N) is 1. The summed E-state index contributed by atoms with van der Waals surface area (Å²) in [5.74, 6) is 0. The van der Waals surface area contributed by atoms with E-state index in [9.17, 15) is 0 Å². The van der Waals surface area contributed by atoms with Gasteiger partial charge in [-0.1, -0.05) is 74.5 Å². The Kier molecular flexibility index (Phi) is 10.0. The first-order chi connectivity index (χ1) is 10.7. The first-order valence-corrected chi connectivity index (χ1v) is 7.75. The van der Waals surface area contributed by atoms with Crippen molar-refractivity contribution in [3.8, 4) is 0 Å². The Morgan fingerprint density at radius 3 is 2.59 bits per heavy atom. The van der Waals surface area contributed by atoms with Crippen molar-refractivity contribution in [2.75, 3.05) is 19.7 Å². The van der Waals surface area contributed by atoms with Crippen molar-refractivity contribution in [2.24, 2.45) is 0 Å². The van der Waals surface area contributed by atoms with Gasteiger partial charge in [0.2, 0.25) is 0 Å². The normalized spacial score (nSPS) is 13.1. The minimum atomic E-state index is -0.167. The van der Waals surface area contributed by atoms with Gasteiger partial charge in [0.25, 0.3) is 0 Å². The molecule has 1 rings (SSSR count). The summed E-state index contributed by atoms with van der Waals surface area (Å²) in [6, 6.07) is 10.0. The molecule has 0 aliphatic rings. The van der Waals surface area contributed by atoms with Gasteiger partial charge in [0.15, 0.2) is 0 Å². The highest BCUT2D eigenvalue weighted by Gasteiger charge is 2.13. The Balaban J connectivity index is 2.36. The van der Waals surface area contributed by atoms with Gasteiger partial charge in [0.1, 0.15) is 6.10 Å². The Morgan fingerprint density at radius 1 is 1.27 bits per heavy atom. The molecule has 0 aliphatic heterocycles. The van der Waals surface area contributed by atoms with Crippen LogP contribution in [0, 0.1) is 0 Å². The summed E-state index contributed by atoms with van der Waals surface area (Å²) in [4.78, 5) is 0. The minimum Gasteiger partial charge on any atom is -0.374 e. The molecule has 120 valence electrons. The van der Waals surface area contributed by atoms with Gasteiger partial charge < -0.3 is 8.92 Å². The molecule has 0 spiro atoms. The van der Waals surface area contributed by atoms with Crippen LogP contribution in [0.25, 0.3) is 0 Å². The van der Waals surface area contributed by atoms with Crippen LogP contribution in [0.5, 0.6) is 0 Å². The van der Waals surface area contributed by atoms with Crippen LogP contribution in [0.4, 0.5) is 0 Å². The number of ether oxygens (including phenoxy) is 1. The zero-order valence-corrected chi connectivity index (χ0v) is 14.4. The molecule has 0 saturated heterocycles. The number of thiol groups is 2. The molecule has 3 nitrogen and oxygen atoms in total. The zero-order valence-electron chi connectivity index (χ0n) is 12.6. The molecule has 1 aromatic carbocycles. The molecule has 0 aliphatic carbocycles. The van der Waals surface area contributed by atoms with E-state index in [1.54, 1.807) is 12.2 Å². The van der Waals surface area contributed by atoms with Crippen LogP contribution in [0.2, 0.25) is 0 Å². The molecule has 1 aromatic rings. The molecule has 1 unspecified atom stereocenters. The molecule has 0 bridgehead atoms. The largest absolute Gasteiger partial charge is 0.374 e. The Hall–Kier alpha value is -0.980. The maximum Gasteiger partial charge on any atom is 0.109 e. The van der Waals surface area contributed by atoms with Crippen LogP contribution in [-0.4, -0.2) is 30.1 Å². The SMILES string of the molecule is C=C/C=C(\C=C)CN(S)CC(COCc1ccccc1)OS. The van der Waals surface area contributed by atoms with E-state index in [4.69, 9.17) is 8.92 Å². The van der Waals surface area contributed by atoms with Gasteiger partial charge in [-0.3, -0.25) is 0 Å². The van der Waals surface area contributed by atoms with Crippen molar-refractivity contribution in [3.05, 3.63) is 72.9 Å². The molecule has 0 N–H and O–H groups in total. The predicted molar refractivity (Wildman–Crippen MR) is 99.0 cm³/mol. The quantitative estimate of drug-likeness (QED) is 0.364. The second-order valence-corrected chi connectivity index (χ2v) is 5.53. The summed E-state index contributed by atoms with van der Waals surface area (Å²) in [7, 11) is 0. The van der Waals surface area contributed by atoms with Gasteiger partial charge in [-0.15, -0.1) is 0 Å². The number of hydrogen-bond acceptors (Lipinski definition) is 5. The molecule has 0 amide bonds. The average molecular weight is 338 g/mol. The van der Waals surface area contributed by atoms with Crippen molar-refractivity contribution in [1.82, 2.24) is 4.31 Å². The highest BCUT2D eigenvalue weighted by molar-refractivity contribution is 7.77. The number of hydrogen-bond donors (Lipinski definition) is 2. The Bertz CT molecular complexity index is 477. The third kappa shape index (κ3) is 7.87. The zero-order chi connectivity index (χ0) is 16.2. The van der Waals surface area contributed by atoms with Crippen molar-refractivity contribution in [1.29, 1.82) is 0 Å². The summed E-state index contributed by atoms with van der Waals surface area (Å²) in [6.45, 7) is 9.68. The van der Waals surface area contributed by atoms with Gasteiger partial charge in [-0.05, 0) is 24.0 Å². The van der Waals surface area contributed by atoms with E-state index in [0.29, 0.717) is 26.3 Å². The van der Waals surface area contributed by atoms with Gasteiger partial charge in [-0.2, -0.15) is 0 Å². The fourth-order valence-electron chi connectivity index (χ4n) is 1.85. The van der Waals surface area contributed by atoms with Gasteiger partial charge in [0, 0.05) is 13.1 Å². The second kappa shape index (κ2) is 11.6. The third-order valence-electron chi connectivity index (χ3n) is 2.94. The highest BCUT2D eigenvalue weighted by Crippen LogP contribution is 2.09. The minimum absolute atomic E-state index is 0.167. The standard InChI is InChI=1S/C17H23NO2S2/c1-3-8-15(4-2)11-18(21)12-17(20-22)14-19-13-16-9-6-5-7-10-16/h3-10,17,21-22H,1-2,11-14H2/b15-8+. The summed E-state index contributed by atoms with van der Waals surface area (Å²) < 4.78 is 12.7. The lowest BCUT2D eigenvalue weighted by atomic mass is 10.2. The van der Waals surface area contributed by atoms with E-state index in [1.807, 2.05) is 40.7 Å². The van der Waals surface area contributed by atoms with Crippen molar-refractivity contribution in [3.63, 3.8) is 0 Å². The van der Waals surface area contributed by atoms with Crippen LogP contribution < -0.4 is 0 Å². The Labute approximate surface area is 144 Å². The molecule has 0 fully saturated rings. The van der Waals surface area contributed by atoms with Crippen LogP contribution >= 0.6 is 25.7 Å². The summed E-state index contributed by atoms with van der Waals surface area (Å²) in [5.41, 5.74) is 2.17.